The van der Waals surface area contributed by atoms with Gasteiger partial charge in [-0.05, 0) is 26.0 Å². The number of aromatic nitrogens is 2. The number of aryl methyl sites for hydroxylation is 2. The Morgan fingerprint density at radius 3 is 2.32 bits per heavy atom. The molecule has 1 aliphatic heterocycles. The number of anilines is 2. The van der Waals surface area contributed by atoms with E-state index in [4.69, 9.17) is 4.74 Å². The smallest absolute Gasteiger partial charge is 0.264 e. The number of nitrogens with zero attached hydrogens (tertiary/aromatic N) is 3. The second-order valence-corrected chi connectivity index (χ2v) is 7.36. The highest BCUT2D eigenvalue weighted by molar-refractivity contribution is 7.92. The van der Waals surface area contributed by atoms with Crippen molar-refractivity contribution in [3.8, 4) is 0 Å². The molecular formula is C16H19FN4O3S. The monoisotopic (exact) mass is 366 g/mol. The number of hydrogen-bond acceptors (Lipinski definition) is 6. The van der Waals surface area contributed by atoms with Crippen LogP contribution in [0.3, 0.4) is 0 Å². The summed E-state index contributed by atoms with van der Waals surface area (Å²) in [4.78, 5) is 10.4. The van der Waals surface area contributed by atoms with Crippen LogP contribution in [0, 0.1) is 19.7 Å². The van der Waals surface area contributed by atoms with Crippen molar-refractivity contribution >= 4 is 21.7 Å². The molecule has 2 aromatic rings. The van der Waals surface area contributed by atoms with Crippen LogP contribution in [-0.2, 0) is 14.8 Å². The lowest BCUT2D eigenvalue weighted by Gasteiger charge is -2.27. The first-order valence-electron chi connectivity index (χ1n) is 7.84. The molecule has 1 saturated heterocycles. The van der Waals surface area contributed by atoms with Gasteiger partial charge in [0.25, 0.3) is 10.0 Å². The topological polar surface area (TPSA) is 84.4 Å². The van der Waals surface area contributed by atoms with Crippen LogP contribution in [0.1, 0.15) is 11.4 Å². The Labute approximate surface area is 145 Å². The lowest BCUT2D eigenvalue weighted by Crippen LogP contribution is -2.37. The lowest BCUT2D eigenvalue weighted by molar-refractivity contribution is 0.122. The van der Waals surface area contributed by atoms with Gasteiger partial charge < -0.3 is 9.64 Å². The van der Waals surface area contributed by atoms with Crippen molar-refractivity contribution in [2.24, 2.45) is 0 Å². The van der Waals surface area contributed by atoms with E-state index in [0.717, 1.165) is 6.07 Å². The van der Waals surface area contributed by atoms with Crippen molar-refractivity contribution in [1.82, 2.24) is 9.97 Å². The minimum absolute atomic E-state index is 0.264. The maximum atomic E-state index is 13.8. The Morgan fingerprint density at radius 2 is 1.72 bits per heavy atom. The highest BCUT2D eigenvalue weighted by atomic mass is 32.2. The van der Waals surface area contributed by atoms with Crippen LogP contribution in [0.15, 0.2) is 29.2 Å². The van der Waals surface area contributed by atoms with Gasteiger partial charge in [-0.2, -0.15) is 0 Å². The van der Waals surface area contributed by atoms with E-state index in [1.807, 2.05) is 4.90 Å². The Morgan fingerprint density at radius 1 is 1.12 bits per heavy atom. The third kappa shape index (κ3) is 3.72. The summed E-state index contributed by atoms with van der Waals surface area (Å²) >= 11 is 0. The molecular weight excluding hydrogens is 347 g/mol. The fraction of sp³-hybridized carbons (Fsp3) is 0.375. The quantitative estimate of drug-likeness (QED) is 0.889. The number of halogens is 1. The zero-order chi connectivity index (χ0) is 18.0. The zero-order valence-electron chi connectivity index (χ0n) is 14.0. The molecule has 3 rings (SSSR count). The van der Waals surface area contributed by atoms with Crippen LogP contribution in [0.2, 0.25) is 0 Å². The predicted molar refractivity (Wildman–Crippen MR) is 91.7 cm³/mol. The van der Waals surface area contributed by atoms with Gasteiger partial charge in [-0.1, -0.05) is 12.1 Å². The molecule has 9 heteroatoms. The standard InChI is InChI=1S/C16H19FN4O3S/c1-11-15(20-25(22,23)14-6-4-3-5-13(14)17)12(2)19-16(18-11)21-7-9-24-10-8-21/h3-6,20H,7-10H2,1-2H3. The summed E-state index contributed by atoms with van der Waals surface area (Å²) in [5.41, 5.74) is 1.23. The second kappa shape index (κ2) is 6.93. The van der Waals surface area contributed by atoms with Crippen molar-refractivity contribution in [2.75, 3.05) is 35.9 Å². The largest absolute Gasteiger partial charge is 0.378 e. The summed E-state index contributed by atoms with van der Waals surface area (Å²) < 4.78 is 46.5. The van der Waals surface area contributed by atoms with Gasteiger partial charge >= 0.3 is 0 Å². The third-order valence-electron chi connectivity index (χ3n) is 3.92. The number of sulfonamides is 1. The summed E-state index contributed by atoms with van der Waals surface area (Å²) in [6.45, 7) is 5.94. The molecule has 1 aromatic carbocycles. The molecule has 0 atom stereocenters. The van der Waals surface area contributed by atoms with Crippen LogP contribution >= 0.6 is 0 Å². The minimum Gasteiger partial charge on any atom is -0.378 e. The number of morpholine rings is 1. The molecule has 0 radical (unpaired) electrons. The van der Waals surface area contributed by atoms with Gasteiger partial charge in [0.1, 0.15) is 10.7 Å². The van der Waals surface area contributed by atoms with Crippen LogP contribution in [0.4, 0.5) is 16.0 Å². The zero-order valence-corrected chi connectivity index (χ0v) is 14.8. The van der Waals surface area contributed by atoms with Crippen molar-refractivity contribution in [3.63, 3.8) is 0 Å². The van der Waals surface area contributed by atoms with E-state index in [2.05, 4.69) is 14.7 Å². The average Bonchev–Trinajstić information content (AvgIpc) is 2.59. The van der Waals surface area contributed by atoms with Gasteiger partial charge in [0.05, 0.1) is 30.3 Å². The summed E-state index contributed by atoms with van der Waals surface area (Å²) in [6.07, 6.45) is 0. The fourth-order valence-electron chi connectivity index (χ4n) is 2.60. The molecule has 134 valence electrons. The average molecular weight is 366 g/mol. The molecule has 0 bridgehead atoms. The first-order chi connectivity index (χ1) is 11.9. The number of ether oxygens (including phenoxy) is 1. The normalized spacial score (nSPS) is 15.2. The second-order valence-electron chi connectivity index (χ2n) is 5.70. The molecule has 1 aromatic heterocycles. The van der Waals surface area contributed by atoms with E-state index in [1.54, 1.807) is 13.8 Å². The predicted octanol–water partition coefficient (Wildman–Crippen LogP) is 1.87. The third-order valence-corrected chi connectivity index (χ3v) is 5.30. The highest BCUT2D eigenvalue weighted by Gasteiger charge is 2.23. The lowest BCUT2D eigenvalue weighted by atomic mass is 10.3. The number of rotatable bonds is 4. The van der Waals surface area contributed by atoms with E-state index >= 15 is 0 Å². The van der Waals surface area contributed by atoms with Crippen LogP contribution in [0.5, 0.6) is 0 Å². The minimum atomic E-state index is -4.07. The van der Waals surface area contributed by atoms with Gasteiger partial charge in [-0.25, -0.2) is 22.8 Å². The molecule has 25 heavy (non-hydrogen) atoms. The van der Waals surface area contributed by atoms with E-state index in [1.165, 1.54) is 18.2 Å². The SMILES string of the molecule is Cc1nc(N2CCOCC2)nc(C)c1NS(=O)(=O)c1ccccc1F. The maximum absolute atomic E-state index is 13.8. The summed E-state index contributed by atoms with van der Waals surface area (Å²) in [5, 5.41) is 0. The van der Waals surface area contributed by atoms with Crippen LogP contribution in [0.25, 0.3) is 0 Å². The first-order valence-corrected chi connectivity index (χ1v) is 9.32. The Kier molecular flexibility index (Phi) is 4.87. The molecule has 0 saturated carbocycles. The number of benzene rings is 1. The first kappa shape index (κ1) is 17.6. The molecule has 0 amide bonds. The molecule has 0 unspecified atom stereocenters. The highest BCUT2D eigenvalue weighted by Crippen LogP contribution is 2.25. The molecule has 1 fully saturated rings. The van der Waals surface area contributed by atoms with Crippen molar-refractivity contribution < 1.29 is 17.5 Å². The fourth-order valence-corrected chi connectivity index (χ4v) is 3.86. The molecule has 2 heterocycles. The molecule has 1 aliphatic rings. The van der Waals surface area contributed by atoms with E-state index in [-0.39, 0.29) is 5.69 Å². The molecule has 7 nitrogen and oxygen atoms in total. The van der Waals surface area contributed by atoms with Crippen molar-refractivity contribution in [3.05, 3.63) is 41.5 Å². The van der Waals surface area contributed by atoms with E-state index < -0.39 is 20.7 Å². The molecule has 0 spiro atoms. The summed E-state index contributed by atoms with van der Waals surface area (Å²) in [7, 11) is -4.07. The van der Waals surface area contributed by atoms with Crippen LogP contribution < -0.4 is 9.62 Å². The number of nitrogens with one attached hydrogen (secondary N) is 1. The van der Waals surface area contributed by atoms with Gasteiger partial charge in [-0.15, -0.1) is 0 Å². The Hall–Kier alpha value is -2.26. The van der Waals surface area contributed by atoms with Crippen molar-refractivity contribution in [2.45, 2.75) is 18.7 Å². The summed E-state index contributed by atoms with van der Waals surface area (Å²) in [6, 6.07) is 5.22. The Bertz CT molecular complexity index is 860. The summed E-state index contributed by atoms with van der Waals surface area (Å²) in [5.74, 6) is -0.275. The van der Waals surface area contributed by atoms with Gasteiger partial charge in [0.2, 0.25) is 5.95 Å². The van der Waals surface area contributed by atoms with Crippen molar-refractivity contribution in [1.29, 1.82) is 0 Å². The van der Waals surface area contributed by atoms with Gasteiger partial charge in [0, 0.05) is 13.1 Å². The maximum Gasteiger partial charge on any atom is 0.264 e. The van der Waals surface area contributed by atoms with Crippen LogP contribution in [-0.4, -0.2) is 44.7 Å². The Balaban J connectivity index is 1.91. The molecule has 1 N–H and O–H groups in total. The van der Waals surface area contributed by atoms with E-state index in [9.17, 15) is 12.8 Å². The van der Waals surface area contributed by atoms with Gasteiger partial charge in [0.15, 0.2) is 0 Å². The number of hydrogen-bond donors (Lipinski definition) is 1. The molecule has 0 aliphatic carbocycles. The van der Waals surface area contributed by atoms with Gasteiger partial charge in [-0.3, -0.25) is 4.72 Å². The van der Waals surface area contributed by atoms with E-state index in [0.29, 0.717) is 43.6 Å².